The number of aromatic nitrogens is 1. The summed E-state index contributed by atoms with van der Waals surface area (Å²) in [5.41, 5.74) is 0.712. The second-order valence-corrected chi connectivity index (χ2v) is 5.16. The molecule has 0 N–H and O–H groups in total. The van der Waals surface area contributed by atoms with E-state index >= 15 is 0 Å². The lowest BCUT2D eigenvalue weighted by molar-refractivity contribution is -0.132. The summed E-state index contributed by atoms with van der Waals surface area (Å²) in [6.07, 6.45) is 7.30. The number of nitrogens with zero attached hydrogens (tertiary/aromatic N) is 2. The van der Waals surface area contributed by atoms with E-state index in [9.17, 15) is 9.59 Å². The van der Waals surface area contributed by atoms with Gasteiger partial charge in [0.25, 0.3) is 0 Å². The van der Waals surface area contributed by atoms with Gasteiger partial charge in [0.05, 0.1) is 0 Å². The summed E-state index contributed by atoms with van der Waals surface area (Å²) in [5.74, 6) is 0.304. The molecular weight excluding hydrogens is 240 g/mol. The van der Waals surface area contributed by atoms with Crippen LogP contribution in [0.15, 0.2) is 18.5 Å². The molecule has 1 aliphatic carbocycles. The molecule has 0 bridgehead atoms. The lowest BCUT2D eigenvalue weighted by atomic mass is 10.1. The molecule has 0 radical (unpaired) electrons. The van der Waals surface area contributed by atoms with Gasteiger partial charge in [-0.2, -0.15) is 0 Å². The van der Waals surface area contributed by atoms with E-state index in [1.807, 2.05) is 29.5 Å². The van der Waals surface area contributed by atoms with E-state index in [1.165, 1.54) is 0 Å². The standard InChI is InChI=1S/C15H22N2O2/c1-3-5-14(18)12-8-9-16(10-12)11-15(19)17(4-2)13-6-7-13/h8-10,13H,3-7,11H2,1-2H3. The molecule has 0 atom stereocenters. The van der Waals surface area contributed by atoms with E-state index in [2.05, 4.69) is 0 Å². The lowest BCUT2D eigenvalue weighted by Crippen LogP contribution is -2.35. The summed E-state index contributed by atoms with van der Waals surface area (Å²) in [6.45, 7) is 5.12. The fraction of sp³-hybridized carbons (Fsp3) is 0.600. The van der Waals surface area contributed by atoms with Gasteiger partial charge in [-0.1, -0.05) is 6.92 Å². The molecule has 1 heterocycles. The largest absolute Gasteiger partial charge is 0.344 e. The van der Waals surface area contributed by atoms with Crippen molar-refractivity contribution >= 4 is 11.7 Å². The Hall–Kier alpha value is -1.58. The maximum absolute atomic E-state index is 12.2. The summed E-state index contributed by atoms with van der Waals surface area (Å²) in [7, 11) is 0. The zero-order chi connectivity index (χ0) is 13.8. The average molecular weight is 262 g/mol. The second-order valence-electron chi connectivity index (χ2n) is 5.16. The second kappa shape index (κ2) is 6.04. The normalized spacial score (nSPS) is 14.4. The summed E-state index contributed by atoms with van der Waals surface area (Å²) < 4.78 is 1.82. The number of amides is 1. The van der Waals surface area contributed by atoms with Crippen LogP contribution in [0.5, 0.6) is 0 Å². The predicted molar refractivity (Wildman–Crippen MR) is 74.1 cm³/mol. The molecule has 104 valence electrons. The minimum Gasteiger partial charge on any atom is -0.344 e. The molecule has 0 saturated heterocycles. The molecule has 1 saturated carbocycles. The number of carbonyl (C=O) groups excluding carboxylic acids is 2. The first kappa shape index (κ1) is 13.8. The molecule has 1 aliphatic rings. The third-order valence-electron chi connectivity index (χ3n) is 3.52. The molecule has 4 nitrogen and oxygen atoms in total. The van der Waals surface area contributed by atoms with E-state index in [-0.39, 0.29) is 11.7 Å². The van der Waals surface area contributed by atoms with Gasteiger partial charge < -0.3 is 9.47 Å². The number of rotatable bonds is 7. The first-order valence-electron chi connectivity index (χ1n) is 7.14. The fourth-order valence-corrected chi connectivity index (χ4v) is 2.35. The van der Waals surface area contributed by atoms with E-state index in [0.29, 0.717) is 24.6 Å². The fourth-order valence-electron chi connectivity index (χ4n) is 2.35. The van der Waals surface area contributed by atoms with Gasteiger partial charge in [0.2, 0.25) is 5.91 Å². The highest BCUT2D eigenvalue weighted by Crippen LogP contribution is 2.26. The average Bonchev–Trinajstić information content (AvgIpc) is 3.09. The van der Waals surface area contributed by atoms with Crippen molar-refractivity contribution in [2.45, 2.75) is 52.1 Å². The van der Waals surface area contributed by atoms with Crippen molar-refractivity contribution in [1.29, 1.82) is 0 Å². The highest BCUT2D eigenvalue weighted by atomic mass is 16.2. The smallest absolute Gasteiger partial charge is 0.242 e. The van der Waals surface area contributed by atoms with Crippen LogP contribution in [-0.4, -0.2) is 33.7 Å². The van der Waals surface area contributed by atoms with Gasteiger partial charge in [0.15, 0.2) is 5.78 Å². The van der Waals surface area contributed by atoms with Gasteiger partial charge in [-0.15, -0.1) is 0 Å². The molecular formula is C15H22N2O2. The number of Topliss-reactive ketones (excluding diaryl/α,β-unsaturated/α-hetero) is 1. The maximum atomic E-state index is 12.2. The predicted octanol–water partition coefficient (Wildman–Crippen LogP) is 2.48. The number of hydrogen-bond donors (Lipinski definition) is 0. The number of likely N-dealkylation sites (N-methyl/N-ethyl adjacent to an activating group) is 1. The van der Waals surface area contributed by atoms with Gasteiger partial charge in [-0.25, -0.2) is 0 Å². The first-order chi connectivity index (χ1) is 9.15. The lowest BCUT2D eigenvalue weighted by Gasteiger charge is -2.20. The molecule has 2 rings (SSSR count). The quantitative estimate of drug-likeness (QED) is 0.708. The molecule has 0 aromatic carbocycles. The van der Waals surface area contributed by atoms with Crippen LogP contribution in [-0.2, 0) is 11.3 Å². The van der Waals surface area contributed by atoms with E-state index < -0.39 is 0 Å². The van der Waals surface area contributed by atoms with Gasteiger partial charge >= 0.3 is 0 Å². The van der Waals surface area contributed by atoms with Crippen LogP contribution in [0.1, 0.15) is 49.9 Å². The molecule has 0 aliphatic heterocycles. The molecule has 0 unspecified atom stereocenters. The topological polar surface area (TPSA) is 42.3 Å². The SMILES string of the molecule is CCCC(=O)c1ccn(CC(=O)N(CC)C2CC2)c1. The summed E-state index contributed by atoms with van der Waals surface area (Å²) in [6, 6.07) is 2.26. The summed E-state index contributed by atoms with van der Waals surface area (Å²) >= 11 is 0. The molecule has 1 aromatic heterocycles. The highest BCUT2D eigenvalue weighted by Gasteiger charge is 2.31. The van der Waals surface area contributed by atoms with Gasteiger partial charge in [-0.3, -0.25) is 9.59 Å². The molecule has 1 fully saturated rings. The molecule has 19 heavy (non-hydrogen) atoms. The van der Waals surface area contributed by atoms with Crippen molar-refractivity contribution in [3.05, 3.63) is 24.0 Å². The van der Waals surface area contributed by atoms with Crippen molar-refractivity contribution in [3.8, 4) is 0 Å². The Bertz CT molecular complexity index is 460. The van der Waals surface area contributed by atoms with Crippen LogP contribution >= 0.6 is 0 Å². The van der Waals surface area contributed by atoms with Crippen LogP contribution in [0, 0.1) is 0 Å². The van der Waals surface area contributed by atoms with Crippen LogP contribution in [0.25, 0.3) is 0 Å². The third kappa shape index (κ3) is 3.46. The number of carbonyl (C=O) groups is 2. The highest BCUT2D eigenvalue weighted by molar-refractivity contribution is 5.95. The van der Waals surface area contributed by atoms with Crippen molar-refractivity contribution in [2.24, 2.45) is 0 Å². The molecule has 4 heteroatoms. The van der Waals surface area contributed by atoms with E-state index in [4.69, 9.17) is 0 Å². The van der Waals surface area contributed by atoms with E-state index in [0.717, 1.165) is 25.8 Å². The monoisotopic (exact) mass is 262 g/mol. The maximum Gasteiger partial charge on any atom is 0.242 e. The Morgan fingerprint density at radius 3 is 2.68 bits per heavy atom. The Kier molecular flexibility index (Phi) is 4.40. The number of hydrogen-bond acceptors (Lipinski definition) is 2. The minimum atomic E-state index is 0.148. The van der Waals surface area contributed by atoms with Crippen molar-refractivity contribution in [3.63, 3.8) is 0 Å². The molecule has 1 aromatic rings. The van der Waals surface area contributed by atoms with Crippen LogP contribution in [0.3, 0.4) is 0 Å². The van der Waals surface area contributed by atoms with Crippen LogP contribution < -0.4 is 0 Å². The molecule has 1 amide bonds. The van der Waals surface area contributed by atoms with E-state index in [1.54, 1.807) is 12.3 Å². The van der Waals surface area contributed by atoms with Crippen molar-refractivity contribution in [1.82, 2.24) is 9.47 Å². The minimum absolute atomic E-state index is 0.148. The van der Waals surface area contributed by atoms with Crippen LogP contribution in [0.4, 0.5) is 0 Å². The summed E-state index contributed by atoms with van der Waals surface area (Å²) in [5, 5.41) is 0. The zero-order valence-electron chi connectivity index (χ0n) is 11.8. The van der Waals surface area contributed by atoms with Gasteiger partial charge in [0.1, 0.15) is 6.54 Å². The third-order valence-corrected chi connectivity index (χ3v) is 3.52. The Morgan fingerprint density at radius 2 is 2.11 bits per heavy atom. The number of ketones is 1. The van der Waals surface area contributed by atoms with Gasteiger partial charge in [0, 0.05) is 37.0 Å². The van der Waals surface area contributed by atoms with Gasteiger partial charge in [-0.05, 0) is 32.3 Å². The first-order valence-corrected chi connectivity index (χ1v) is 7.14. The van der Waals surface area contributed by atoms with Crippen molar-refractivity contribution < 1.29 is 9.59 Å². The summed E-state index contributed by atoms with van der Waals surface area (Å²) in [4.78, 5) is 25.8. The zero-order valence-corrected chi connectivity index (χ0v) is 11.8. The Balaban J connectivity index is 1.95. The Labute approximate surface area is 114 Å². The molecule has 0 spiro atoms. The Morgan fingerprint density at radius 1 is 1.37 bits per heavy atom. The van der Waals surface area contributed by atoms with Crippen molar-refractivity contribution in [2.75, 3.05) is 6.54 Å². The van der Waals surface area contributed by atoms with Crippen LogP contribution in [0.2, 0.25) is 0 Å².